The van der Waals surface area contributed by atoms with Crippen molar-refractivity contribution >= 4 is 5.78 Å². The van der Waals surface area contributed by atoms with Gasteiger partial charge in [-0.3, -0.25) is 4.79 Å². The van der Waals surface area contributed by atoms with Gasteiger partial charge in [-0.2, -0.15) is 0 Å². The summed E-state index contributed by atoms with van der Waals surface area (Å²) in [4.78, 5) is 12.4. The fourth-order valence-corrected chi connectivity index (χ4v) is 4.31. The van der Waals surface area contributed by atoms with Crippen molar-refractivity contribution in [1.29, 1.82) is 0 Å². The molecule has 3 rings (SSSR count). The van der Waals surface area contributed by atoms with Gasteiger partial charge in [-0.05, 0) is 72.9 Å². The summed E-state index contributed by atoms with van der Waals surface area (Å²) in [7, 11) is 0. The van der Waals surface area contributed by atoms with Gasteiger partial charge >= 0.3 is 6.36 Å². The Kier molecular flexibility index (Phi) is 7.34. The molecule has 0 aromatic heterocycles. The maximum Gasteiger partial charge on any atom is 0.573 e. The van der Waals surface area contributed by atoms with Crippen molar-refractivity contribution in [1.82, 2.24) is 0 Å². The fraction of sp³-hybridized carbons (Fsp3) is 0.458. The van der Waals surface area contributed by atoms with E-state index in [2.05, 4.69) is 11.7 Å². The van der Waals surface area contributed by atoms with Crippen molar-refractivity contribution < 1.29 is 31.5 Å². The summed E-state index contributed by atoms with van der Waals surface area (Å²) in [5.74, 6) is -2.37. The summed E-state index contributed by atoms with van der Waals surface area (Å²) in [5.41, 5.74) is 0.942. The fourth-order valence-electron chi connectivity index (χ4n) is 4.31. The quantitative estimate of drug-likeness (QED) is 0.332. The molecule has 0 spiro atoms. The highest BCUT2D eigenvalue weighted by molar-refractivity contribution is 5.97. The van der Waals surface area contributed by atoms with Crippen LogP contribution in [0.15, 0.2) is 36.4 Å². The van der Waals surface area contributed by atoms with Crippen molar-refractivity contribution in [3.05, 3.63) is 64.7 Å². The van der Waals surface area contributed by atoms with Gasteiger partial charge in [0.1, 0.15) is 5.82 Å². The molecule has 0 heterocycles. The van der Waals surface area contributed by atoms with Crippen LogP contribution in [0.3, 0.4) is 0 Å². The maximum absolute atomic E-state index is 14.6. The smallest absolute Gasteiger partial charge is 0.403 e. The Morgan fingerprint density at radius 3 is 2.29 bits per heavy atom. The Morgan fingerprint density at radius 2 is 1.71 bits per heavy atom. The van der Waals surface area contributed by atoms with Crippen LogP contribution in [0.25, 0.3) is 0 Å². The average molecular weight is 440 g/mol. The third-order valence-corrected chi connectivity index (χ3v) is 5.92. The molecule has 0 amide bonds. The van der Waals surface area contributed by atoms with Gasteiger partial charge < -0.3 is 4.74 Å². The number of Topliss-reactive ketones (excluding diaryl/α,β-unsaturated/α-hetero) is 1. The SMILES string of the molecule is CCCC1CCC(c2ccc(CC(=O)c3ccc(OC(F)(F)F)c(F)c3)c(F)c2)CC1. The number of alkyl halides is 3. The lowest BCUT2D eigenvalue weighted by molar-refractivity contribution is -0.275. The number of hydrogen-bond donors (Lipinski definition) is 0. The Balaban J connectivity index is 1.65. The number of ketones is 1. The van der Waals surface area contributed by atoms with E-state index in [9.17, 15) is 26.7 Å². The van der Waals surface area contributed by atoms with Crippen LogP contribution >= 0.6 is 0 Å². The molecule has 1 fully saturated rings. The lowest BCUT2D eigenvalue weighted by Crippen LogP contribution is -2.18. The van der Waals surface area contributed by atoms with Crippen molar-refractivity contribution in [3.8, 4) is 5.75 Å². The predicted octanol–water partition coefficient (Wildman–Crippen LogP) is 7.36. The first kappa shape index (κ1) is 23.2. The van der Waals surface area contributed by atoms with Crippen molar-refractivity contribution in [2.24, 2.45) is 5.92 Å². The van der Waals surface area contributed by atoms with Gasteiger partial charge in [0.2, 0.25) is 0 Å². The second kappa shape index (κ2) is 9.79. The molecule has 0 bridgehead atoms. The Labute approximate surface area is 178 Å². The van der Waals surface area contributed by atoms with E-state index in [1.54, 1.807) is 6.07 Å². The molecule has 7 heteroatoms. The third kappa shape index (κ3) is 6.28. The summed E-state index contributed by atoms with van der Waals surface area (Å²) in [6.45, 7) is 2.18. The van der Waals surface area contributed by atoms with E-state index in [0.29, 0.717) is 12.0 Å². The van der Waals surface area contributed by atoms with Crippen molar-refractivity contribution in [2.45, 2.75) is 64.1 Å². The molecule has 1 aliphatic carbocycles. The molecule has 0 atom stereocenters. The van der Waals surface area contributed by atoms with Crippen LogP contribution in [0.5, 0.6) is 5.75 Å². The molecular weight excluding hydrogens is 415 g/mol. The number of ether oxygens (including phenoxy) is 1. The van der Waals surface area contributed by atoms with Gasteiger partial charge in [-0.25, -0.2) is 8.78 Å². The lowest BCUT2D eigenvalue weighted by Gasteiger charge is -2.28. The van der Waals surface area contributed by atoms with Crippen molar-refractivity contribution in [3.63, 3.8) is 0 Å². The molecule has 1 aliphatic rings. The van der Waals surface area contributed by atoms with Crippen LogP contribution in [-0.2, 0) is 6.42 Å². The van der Waals surface area contributed by atoms with E-state index in [-0.39, 0.29) is 17.5 Å². The molecule has 2 nitrogen and oxygen atoms in total. The lowest BCUT2D eigenvalue weighted by atomic mass is 9.77. The monoisotopic (exact) mass is 440 g/mol. The summed E-state index contributed by atoms with van der Waals surface area (Å²) in [6, 6.07) is 7.31. The number of carbonyl (C=O) groups is 1. The van der Waals surface area contributed by atoms with Crippen LogP contribution in [0.1, 0.15) is 72.9 Å². The van der Waals surface area contributed by atoms with Gasteiger partial charge in [0.15, 0.2) is 17.3 Å². The summed E-state index contributed by atoms with van der Waals surface area (Å²) in [5, 5.41) is 0. The van der Waals surface area contributed by atoms with Gasteiger partial charge in [0.05, 0.1) is 0 Å². The molecule has 0 radical (unpaired) electrons. The molecule has 0 aliphatic heterocycles. The predicted molar refractivity (Wildman–Crippen MR) is 107 cm³/mol. The zero-order valence-electron chi connectivity index (χ0n) is 17.3. The zero-order chi connectivity index (χ0) is 22.6. The Morgan fingerprint density at radius 1 is 1.00 bits per heavy atom. The standard InChI is InChI=1S/C24H25F5O2/c1-2-3-15-4-6-16(7-5-15)17-8-9-18(20(25)12-17)14-22(30)19-10-11-23(21(26)13-19)31-24(27,28)29/h8-13,15-16H,2-7,14H2,1H3. The Hall–Kier alpha value is -2.44. The first-order chi connectivity index (χ1) is 14.7. The van der Waals surface area contributed by atoms with E-state index >= 15 is 0 Å². The topological polar surface area (TPSA) is 26.3 Å². The molecule has 1 saturated carbocycles. The van der Waals surface area contributed by atoms with E-state index in [1.807, 2.05) is 6.07 Å². The van der Waals surface area contributed by atoms with Gasteiger partial charge in [0, 0.05) is 12.0 Å². The molecule has 2 aromatic carbocycles. The van der Waals surface area contributed by atoms with Crippen LogP contribution in [0, 0.1) is 17.6 Å². The minimum atomic E-state index is -5.04. The normalized spacial score (nSPS) is 19.3. The largest absolute Gasteiger partial charge is 0.573 e. The minimum absolute atomic E-state index is 0.148. The van der Waals surface area contributed by atoms with E-state index < -0.39 is 29.5 Å². The number of hydrogen-bond acceptors (Lipinski definition) is 2. The molecule has 2 aromatic rings. The molecule has 0 unspecified atom stereocenters. The van der Waals surface area contributed by atoms with Crippen molar-refractivity contribution in [2.75, 3.05) is 0 Å². The van der Waals surface area contributed by atoms with Crippen LogP contribution in [-0.4, -0.2) is 12.1 Å². The van der Waals surface area contributed by atoms with Crippen LogP contribution in [0.4, 0.5) is 22.0 Å². The van der Waals surface area contributed by atoms with Crippen LogP contribution in [0.2, 0.25) is 0 Å². The van der Waals surface area contributed by atoms with E-state index in [4.69, 9.17) is 0 Å². The number of carbonyl (C=O) groups excluding carboxylic acids is 1. The van der Waals surface area contributed by atoms with Crippen LogP contribution < -0.4 is 4.74 Å². The zero-order valence-corrected chi connectivity index (χ0v) is 17.3. The van der Waals surface area contributed by atoms with Gasteiger partial charge in [-0.1, -0.05) is 31.9 Å². The summed E-state index contributed by atoms with van der Waals surface area (Å²) < 4.78 is 68.7. The minimum Gasteiger partial charge on any atom is -0.403 e. The first-order valence-electron chi connectivity index (χ1n) is 10.5. The summed E-state index contributed by atoms with van der Waals surface area (Å²) >= 11 is 0. The van der Waals surface area contributed by atoms with Gasteiger partial charge in [-0.15, -0.1) is 13.2 Å². The van der Waals surface area contributed by atoms with E-state index in [0.717, 1.165) is 49.3 Å². The second-order valence-corrected chi connectivity index (χ2v) is 8.15. The first-order valence-corrected chi connectivity index (χ1v) is 10.5. The maximum atomic E-state index is 14.6. The van der Waals surface area contributed by atoms with Gasteiger partial charge in [0.25, 0.3) is 0 Å². The third-order valence-electron chi connectivity index (χ3n) is 5.92. The number of halogens is 5. The molecule has 0 N–H and O–H groups in total. The highest BCUT2D eigenvalue weighted by Crippen LogP contribution is 2.38. The highest BCUT2D eigenvalue weighted by Gasteiger charge is 2.32. The molecule has 31 heavy (non-hydrogen) atoms. The van der Waals surface area contributed by atoms with E-state index in [1.165, 1.54) is 18.9 Å². The summed E-state index contributed by atoms with van der Waals surface area (Å²) in [6.07, 6.45) is 1.38. The molecule has 0 saturated heterocycles. The molecular formula is C24H25F5O2. The second-order valence-electron chi connectivity index (χ2n) is 8.15. The molecule has 168 valence electrons. The Bertz CT molecular complexity index is 915. The average Bonchev–Trinajstić information content (AvgIpc) is 2.71. The number of rotatable bonds is 7. The number of benzene rings is 2. The highest BCUT2D eigenvalue weighted by atomic mass is 19.4.